The van der Waals surface area contributed by atoms with Crippen molar-refractivity contribution in [3.05, 3.63) is 65.2 Å². The summed E-state index contributed by atoms with van der Waals surface area (Å²) in [7, 11) is 2.16. The number of allylic oxidation sites excluding steroid dienone is 1. The minimum absolute atomic E-state index is 0. The van der Waals surface area contributed by atoms with Crippen LogP contribution in [0.25, 0.3) is 6.08 Å². The molecule has 4 heteroatoms. The van der Waals surface area contributed by atoms with Crippen LogP contribution in [0.15, 0.2) is 48.5 Å². The molecule has 0 aliphatic carbocycles. The average Bonchev–Trinajstić information content (AvgIpc) is 2.86. The molecule has 3 rings (SSSR count). The molecule has 2 aromatic carbocycles. The van der Waals surface area contributed by atoms with Crippen LogP contribution >= 0.6 is 11.6 Å². The van der Waals surface area contributed by atoms with E-state index < -0.39 is 0 Å². The van der Waals surface area contributed by atoms with Crippen molar-refractivity contribution in [2.75, 3.05) is 30.9 Å². The van der Waals surface area contributed by atoms with Gasteiger partial charge < -0.3 is 17.3 Å². The molecule has 0 spiro atoms. The number of rotatable bonds is 6. The van der Waals surface area contributed by atoms with Crippen LogP contribution in [0.3, 0.4) is 0 Å². The highest BCUT2D eigenvalue weighted by Gasteiger charge is 2.42. The van der Waals surface area contributed by atoms with Gasteiger partial charge in [-0.25, -0.2) is 0 Å². The van der Waals surface area contributed by atoms with Crippen molar-refractivity contribution in [2.45, 2.75) is 33.1 Å². The molecule has 0 bridgehead atoms. The van der Waals surface area contributed by atoms with Gasteiger partial charge in [-0.1, -0.05) is 24.3 Å². The van der Waals surface area contributed by atoms with Crippen LogP contribution in [0.4, 0.5) is 11.4 Å². The van der Waals surface area contributed by atoms with E-state index in [0.29, 0.717) is 5.88 Å². The predicted molar refractivity (Wildman–Crippen MR) is 119 cm³/mol. The lowest BCUT2D eigenvalue weighted by Crippen LogP contribution is -3.00. The van der Waals surface area contributed by atoms with Gasteiger partial charge in [-0.15, -0.1) is 11.6 Å². The lowest BCUT2D eigenvalue weighted by Gasteiger charge is -2.22. The zero-order valence-electron chi connectivity index (χ0n) is 17.5. The molecule has 2 nitrogen and oxygen atoms in total. The number of nitrogens with zero attached hydrogens (tertiary/aromatic N) is 2. The van der Waals surface area contributed by atoms with E-state index in [9.17, 15) is 0 Å². The molecule has 0 atom stereocenters. The second-order valence-electron chi connectivity index (χ2n) is 7.73. The fourth-order valence-electron chi connectivity index (χ4n) is 4.05. The van der Waals surface area contributed by atoms with Crippen molar-refractivity contribution in [3.8, 4) is 0 Å². The minimum Gasteiger partial charge on any atom is -1.00 e. The Bertz CT molecular complexity index is 897. The third-order valence-electron chi connectivity index (χ3n) is 5.73. The Labute approximate surface area is 180 Å². The maximum atomic E-state index is 5.97. The molecule has 0 saturated heterocycles. The van der Waals surface area contributed by atoms with E-state index in [1.54, 1.807) is 0 Å². The Morgan fingerprint density at radius 1 is 1.11 bits per heavy atom. The fraction of sp³-hybridized carbons (Fsp3) is 0.375. The van der Waals surface area contributed by atoms with Crippen molar-refractivity contribution >= 4 is 34.8 Å². The Morgan fingerprint density at radius 2 is 1.82 bits per heavy atom. The number of para-hydroxylation sites is 1. The van der Waals surface area contributed by atoms with Crippen LogP contribution in [0.5, 0.6) is 0 Å². The summed E-state index contributed by atoms with van der Waals surface area (Å²) < 4.78 is 2.32. The van der Waals surface area contributed by atoms with E-state index >= 15 is 0 Å². The molecule has 28 heavy (non-hydrogen) atoms. The fourth-order valence-corrected chi connectivity index (χ4v) is 4.25. The Kier molecular flexibility index (Phi) is 7.36. The van der Waals surface area contributed by atoms with E-state index in [0.717, 1.165) is 13.1 Å². The smallest absolute Gasteiger partial charge is 0.209 e. The van der Waals surface area contributed by atoms with Gasteiger partial charge in [0.2, 0.25) is 5.69 Å². The van der Waals surface area contributed by atoms with Gasteiger partial charge in [-0.3, -0.25) is 0 Å². The quantitative estimate of drug-likeness (QED) is 0.518. The zero-order chi connectivity index (χ0) is 19.6. The second-order valence-corrected chi connectivity index (χ2v) is 8.11. The highest BCUT2D eigenvalue weighted by atomic mass is 35.5. The maximum Gasteiger partial charge on any atom is 0.209 e. The molecular formula is C24H30Cl2N2. The van der Waals surface area contributed by atoms with Crippen molar-refractivity contribution < 1.29 is 17.0 Å². The van der Waals surface area contributed by atoms with Crippen LogP contribution in [0, 0.1) is 6.92 Å². The highest BCUT2D eigenvalue weighted by Crippen LogP contribution is 2.39. The molecule has 0 unspecified atom stereocenters. The van der Waals surface area contributed by atoms with Gasteiger partial charge in [0, 0.05) is 42.4 Å². The SMILES string of the molecule is CCN(CCCl)c1ccc(C)c(C=CC2=[N+](C)c3ccccc3C2(C)C)c1.[Cl-]. The summed E-state index contributed by atoms with van der Waals surface area (Å²) in [6.45, 7) is 10.8. The first-order valence-corrected chi connectivity index (χ1v) is 10.2. The van der Waals surface area contributed by atoms with Gasteiger partial charge in [0.25, 0.3) is 0 Å². The van der Waals surface area contributed by atoms with Gasteiger partial charge in [0.15, 0.2) is 5.71 Å². The van der Waals surface area contributed by atoms with Gasteiger partial charge in [-0.05, 0) is 57.0 Å². The van der Waals surface area contributed by atoms with E-state index in [4.69, 9.17) is 11.6 Å². The lowest BCUT2D eigenvalue weighted by atomic mass is 9.81. The van der Waals surface area contributed by atoms with Gasteiger partial charge in [0.05, 0.1) is 5.41 Å². The summed E-state index contributed by atoms with van der Waals surface area (Å²) >= 11 is 5.97. The van der Waals surface area contributed by atoms with Crippen molar-refractivity contribution in [1.82, 2.24) is 0 Å². The molecule has 0 radical (unpaired) electrons. The zero-order valence-corrected chi connectivity index (χ0v) is 19.0. The van der Waals surface area contributed by atoms with Gasteiger partial charge in [-0.2, -0.15) is 4.58 Å². The largest absolute Gasteiger partial charge is 1.00 e. The summed E-state index contributed by atoms with van der Waals surface area (Å²) in [5.41, 5.74) is 7.78. The summed E-state index contributed by atoms with van der Waals surface area (Å²) in [6.07, 6.45) is 4.54. The first-order valence-electron chi connectivity index (χ1n) is 9.70. The number of anilines is 1. The van der Waals surface area contributed by atoms with E-state index in [1.165, 1.54) is 33.8 Å². The predicted octanol–water partition coefficient (Wildman–Crippen LogP) is 2.78. The van der Waals surface area contributed by atoms with Crippen molar-refractivity contribution in [2.24, 2.45) is 0 Å². The maximum absolute atomic E-state index is 5.97. The summed E-state index contributed by atoms with van der Waals surface area (Å²) in [5.74, 6) is 0.641. The van der Waals surface area contributed by atoms with E-state index in [1.807, 2.05) is 0 Å². The van der Waals surface area contributed by atoms with Crippen LogP contribution in [0.2, 0.25) is 0 Å². The van der Waals surface area contributed by atoms with E-state index in [-0.39, 0.29) is 17.8 Å². The number of fused-ring (bicyclic) bond motifs is 1. The number of aryl methyl sites for hydroxylation is 1. The van der Waals surface area contributed by atoms with Gasteiger partial charge in [0.1, 0.15) is 7.05 Å². The van der Waals surface area contributed by atoms with Crippen LogP contribution in [0.1, 0.15) is 37.5 Å². The molecule has 0 aromatic heterocycles. The molecule has 1 aliphatic heterocycles. The molecule has 1 aliphatic rings. The van der Waals surface area contributed by atoms with Crippen molar-refractivity contribution in [3.63, 3.8) is 0 Å². The first kappa shape index (κ1) is 22.5. The topological polar surface area (TPSA) is 6.25 Å². The standard InChI is InChI=1S/C24H30ClN2.ClH/c1-6-27(16-15-25)20-13-11-18(2)19(17-20)12-14-23-24(3,4)21-9-7-8-10-22(21)26(23)5;/h7-14,17H,6,15-16H2,1-5H3;1H/q+1;/p-1. The van der Waals surface area contributed by atoms with Crippen LogP contribution < -0.4 is 17.3 Å². The summed E-state index contributed by atoms with van der Waals surface area (Å²) in [4.78, 5) is 2.32. The molecule has 0 fully saturated rings. The molecule has 0 saturated carbocycles. The number of hydrogen-bond donors (Lipinski definition) is 0. The van der Waals surface area contributed by atoms with Gasteiger partial charge >= 0.3 is 0 Å². The number of hydrogen-bond acceptors (Lipinski definition) is 1. The third-order valence-corrected chi connectivity index (χ3v) is 5.89. The number of benzene rings is 2. The second kappa shape index (κ2) is 9.15. The Morgan fingerprint density at radius 3 is 2.46 bits per heavy atom. The summed E-state index contributed by atoms with van der Waals surface area (Å²) in [5, 5.41) is 0. The third kappa shape index (κ3) is 4.14. The number of halogens is 2. The molecule has 1 heterocycles. The van der Waals surface area contributed by atoms with Crippen LogP contribution in [-0.4, -0.2) is 36.3 Å². The van der Waals surface area contributed by atoms with E-state index in [2.05, 4.69) is 98.8 Å². The first-order chi connectivity index (χ1) is 12.9. The lowest BCUT2D eigenvalue weighted by molar-refractivity contribution is -0.401. The molecule has 0 amide bonds. The van der Waals surface area contributed by atoms with Crippen LogP contribution in [-0.2, 0) is 5.41 Å². The minimum atomic E-state index is 0. The number of alkyl halides is 1. The van der Waals surface area contributed by atoms with Crippen molar-refractivity contribution in [1.29, 1.82) is 0 Å². The molecular weight excluding hydrogens is 387 g/mol. The normalized spacial score (nSPS) is 14.9. The molecule has 0 N–H and O–H groups in total. The average molecular weight is 417 g/mol. The monoisotopic (exact) mass is 416 g/mol. The Hall–Kier alpha value is -1.77. The molecule has 150 valence electrons. The highest BCUT2D eigenvalue weighted by molar-refractivity contribution is 6.18. The molecule has 2 aromatic rings. The summed E-state index contributed by atoms with van der Waals surface area (Å²) in [6, 6.07) is 15.4. The Balaban J connectivity index is 0.00000280.